The third-order valence-electron chi connectivity index (χ3n) is 3.88. The number of hydrogen-bond acceptors (Lipinski definition) is 2. The molecule has 2 aromatic carbocycles. The summed E-state index contributed by atoms with van der Waals surface area (Å²) in [5.74, 6) is 0.0480. The third kappa shape index (κ3) is 3.82. The van der Waals surface area contributed by atoms with Crippen molar-refractivity contribution in [1.29, 1.82) is 0 Å². The summed E-state index contributed by atoms with van der Waals surface area (Å²) >= 11 is 0. The highest BCUT2D eigenvalue weighted by atomic mass is 19.1. The number of nitrogens with zero attached hydrogens (tertiary/aromatic N) is 1. The van der Waals surface area contributed by atoms with E-state index in [0.29, 0.717) is 5.69 Å². The molecule has 0 saturated heterocycles. The lowest BCUT2D eigenvalue weighted by Crippen LogP contribution is -2.34. The van der Waals surface area contributed by atoms with Crippen molar-refractivity contribution >= 4 is 5.69 Å². The Bertz CT molecular complexity index is 556. The molecule has 2 atom stereocenters. The molecule has 0 aromatic heterocycles. The molecule has 0 aliphatic heterocycles. The number of para-hydroxylation sites is 1. The van der Waals surface area contributed by atoms with Gasteiger partial charge < -0.3 is 10.6 Å². The van der Waals surface area contributed by atoms with Crippen LogP contribution >= 0.6 is 0 Å². The Morgan fingerprint density at radius 2 is 1.67 bits per heavy atom. The van der Waals surface area contributed by atoms with Crippen LogP contribution in [0.4, 0.5) is 10.1 Å². The van der Waals surface area contributed by atoms with Gasteiger partial charge in [0.25, 0.3) is 0 Å². The highest BCUT2D eigenvalue weighted by Crippen LogP contribution is 2.24. The minimum atomic E-state index is -0.181. The van der Waals surface area contributed by atoms with Crippen molar-refractivity contribution < 1.29 is 4.39 Å². The molecule has 0 spiro atoms. The van der Waals surface area contributed by atoms with Crippen LogP contribution in [-0.4, -0.2) is 13.1 Å². The van der Waals surface area contributed by atoms with Crippen LogP contribution in [0.2, 0.25) is 0 Å². The summed E-state index contributed by atoms with van der Waals surface area (Å²) in [6, 6.07) is 16.9. The van der Waals surface area contributed by atoms with Gasteiger partial charge in [-0.3, -0.25) is 0 Å². The van der Waals surface area contributed by atoms with Crippen molar-refractivity contribution in [2.75, 3.05) is 18.0 Å². The molecule has 3 heteroatoms. The van der Waals surface area contributed by atoms with E-state index >= 15 is 0 Å². The zero-order valence-electron chi connectivity index (χ0n) is 12.7. The lowest BCUT2D eigenvalue weighted by Gasteiger charge is -2.30. The Morgan fingerprint density at radius 3 is 2.29 bits per heavy atom. The van der Waals surface area contributed by atoms with Crippen LogP contribution < -0.4 is 10.6 Å². The van der Waals surface area contributed by atoms with E-state index in [1.54, 1.807) is 6.07 Å². The van der Waals surface area contributed by atoms with E-state index < -0.39 is 0 Å². The molecule has 0 heterocycles. The van der Waals surface area contributed by atoms with Crippen LogP contribution in [-0.2, 0) is 0 Å². The lowest BCUT2D eigenvalue weighted by atomic mass is 9.94. The van der Waals surface area contributed by atoms with Gasteiger partial charge >= 0.3 is 0 Å². The first-order valence-corrected chi connectivity index (χ1v) is 7.43. The van der Waals surface area contributed by atoms with Crippen molar-refractivity contribution in [1.82, 2.24) is 0 Å². The maximum Gasteiger partial charge on any atom is 0.146 e. The molecule has 2 rings (SSSR count). The molecule has 0 aliphatic carbocycles. The minimum Gasteiger partial charge on any atom is -0.369 e. The van der Waals surface area contributed by atoms with Gasteiger partial charge in [0.1, 0.15) is 5.82 Å². The summed E-state index contributed by atoms with van der Waals surface area (Å²) in [6.07, 6.45) is 0. The van der Waals surface area contributed by atoms with Gasteiger partial charge in [0, 0.05) is 19.1 Å². The molecule has 0 radical (unpaired) electrons. The molecular weight excluding hydrogens is 263 g/mol. The van der Waals surface area contributed by atoms with Crippen molar-refractivity contribution in [2.24, 2.45) is 11.7 Å². The first-order chi connectivity index (χ1) is 10.1. The topological polar surface area (TPSA) is 29.3 Å². The fourth-order valence-corrected chi connectivity index (χ4v) is 2.57. The normalized spacial score (nSPS) is 13.7. The molecule has 0 aliphatic rings. The summed E-state index contributed by atoms with van der Waals surface area (Å²) in [6.45, 7) is 5.63. The predicted molar refractivity (Wildman–Crippen MR) is 86.8 cm³/mol. The molecule has 2 N–H and O–H groups in total. The molecule has 2 unspecified atom stereocenters. The van der Waals surface area contributed by atoms with Gasteiger partial charge in [-0.2, -0.15) is 0 Å². The molecule has 0 saturated carbocycles. The van der Waals surface area contributed by atoms with Crippen molar-refractivity contribution in [2.45, 2.75) is 19.9 Å². The first-order valence-electron chi connectivity index (χ1n) is 7.43. The van der Waals surface area contributed by atoms with Crippen molar-refractivity contribution in [3.63, 3.8) is 0 Å². The SMILES string of the molecule is CCN(CC(C)C(N)c1ccccc1)c1ccccc1F. The third-order valence-corrected chi connectivity index (χ3v) is 3.88. The van der Waals surface area contributed by atoms with Gasteiger partial charge in [-0.05, 0) is 30.5 Å². The van der Waals surface area contributed by atoms with Gasteiger partial charge in [0.15, 0.2) is 0 Å². The van der Waals surface area contributed by atoms with E-state index in [-0.39, 0.29) is 17.8 Å². The van der Waals surface area contributed by atoms with E-state index in [2.05, 4.69) is 6.92 Å². The molecule has 0 fully saturated rings. The summed E-state index contributed by atoms with van der Waals surface area (Å²) in [5.41, 5.74) is 8.10. The van der Waals surface area contributed by atoms with Crippen LogP contribution in [0.5, 0.6) is 0 Å². The van der Waals surface area contributed by atoms with Crippen LogP contribution in [0.3, 0.4) is 0 Å². The number of rotatable bonds is 6. The van der Waals surface area contributed by atoms with E-state index in [1.165, 1.54) is 6.07 Å². The Morgan fingerprint density at radius 1 is 1.05 bits per heavy atom. The molecule has 2 nitrogen and oxygen atoms in total. The molecular formula is C18H23FN2. The molecule has 0 bridgehead atoms. The van der Waals surface area contributed by atoms with E-state index in [4.69, 9.17) is 5.73 Å². The Kier molecular flexibility index (Phi) is 5.34. The first kappa shape index (κ1) is 15.5. The van der Waals surface area contributed by atoms with Gasteiger partial charge in [-0.15, -0.1) is 0 Å². The average Bonchev–Trinajstić information content (AvgIpc) is 2.53. The van der Waals surface area contributed by atoms with E-state index in [9.17, 15) is 4.39 Å². The smallest absolute Gasteiger partial charge is 0.146 e. The number of nitrogens with two attached hydrogens (primary N) is 1. The van der Waals surface area contributed by atoms with Crippen LogP contribution in [0.15, 0.2) is 54.6 Å². The standard InChI is InChI=1S/C18H23FN2/c1-3-21(17-12-8-7-11-16(17)19)13-14(2)18(20)15-9-5-4-6-10-15/h4-12,14,18H,3,13,20H2,1-2H3. The summed E-state index contributed by atoms with van der Waals surface area (Å²) < 4.78 is 13.9. The fraction of sp³-hybridized carbons (Fsp3) is 0.333. The van der Waals surface area contributed by atoms with Gasteiger partial charge in [-0.25, -0.2) is 4.39 Å². The predicted octanol–water partition coefficient (Wildman–Crippen LogP) is 3.99. The molecule has 0 amide bonds. The summed E-state index contributed by atoms with van der Waals surface area (Å²) in [5, 5.41) is 0. The minimum absolute atomic E-state index is 0.0491. The van der Waals surface area contributed by atoms with Crippen molar-refractivity contribution in [3.8, 4) is 0 Å². The monoisotopic (exact) mass is 286 g/mol. The number of anilines is 1. The highest BCUT2D eigenvalue weighted by Gasteiger charge is 2.19. The zero-order valence-corrected chi connectivity index (χ0v) is 12.7. The average molecular weight is 286 g/mol. The number of halogens is 1. The van der Waals surface area contributed by atoms with Gasteiger partial charge in [-0.1, -0.05) is 49.4 Å². The number of hydrogen-bond donors (Lipinski definition) is 1. The Hall–Kier alpha value is -1.87. The highest BCUT2D eigenvalue weighted by molar-refractivity contribution is 5.47. The van der Waals surface area contributed by atoms with Crippen LogP contribution in [0, 0.1) is 11.7 Å². The molecule has 2 aromatic rings. The Labute approximate surface area is 126 Å². The van der Waals surface area contributed by atoms with E-state index in [0.717, 1.165) is 18.7 Å². The maximum absolute atomic E-state index is 13.9. The van der Waals surface area contributed by atoms with Gasteiger partial charge in [0.2, 0.25) is 0 Å². The van der Waals surface area contributed by atoms with Crippen LogP contribution in [0.1, 0.15) is 25.5 Å². The summed E-state index contributed by atoms with van der Waals surface area (Å²) in [7, 11) is 0. The van der Waals surface area contributed by atoms with E-state index in [1.807, 2.05) is 54.3 Å². The second-order valence-corrected chi connectivity index (χ2v) is 5.40. The zero-order chi connectivity index (χ0) is 15.2. The molecule has 112 valence electrons. The van der Waals surface area contributed by atoms with Crippen LogP contribution in [0.25, 0.3) is 0 Å². The quantitative estimate of drug-likeness (QED) is 0.870. The largest absolute Gasteiger partial charge is 0.369 e. The fourth-order valence-electron chi connectivity index (χ4n) is 2.57. The maximum atomic E-state index is 13.9. The second kappa shape index (κ2) is 7.23. The van der Waals surface area contributed by atoms with Crippen molar-refractivity contribution in [3.05, 3.63) is 66.0 Å². The Balaban J connectivity index is 2.10. The van der Waals surface area contributed by atoms with Gasteiger partial charge in [0.05, 0.1) is 5.69 Å². The second-order valence-electron chi connectivity index (χ2n) is 5.40. The number of benzene rings is 2. The summed E-state index contributed by atoms with van der Waals surface area (Å²) in [4.78, 5) is 2.04. The lowest BCUT2D eigenvalue weighted by molar-refractivity contribution is 0.462. The molecule has 21 heavy (non-hydrogen) atoms.